The lowest BCUT2D eigenvalue weighted by molar-refractivity contribution is -0.385. The molecule has 2 N–H and O–H groups in total. The third-order valence-electron chi connectivity index (χ3n) is 3.68. The summed E-state index contributed by atoms with van der Waals surface area (Å²) in [5.74, 6) is 0.132. The quantitative estimate of drug-likeness (QED) is 0.591. The molecule has 0 saturated heterocycles. The summed E-state index contributed by atoms with van der Waals surface area (Å²) in [4.78, 5) is 21.2. The monoisotopic (exact) mass is 294 g/mol. The van der Waals surface area contributed by atoms with Crippen molar-refractivity contribution in [3.05, 3.63) is 33.9 Å². The van der Waals surface area contributed by atoms with Crippen molar-refractivity contribution in [3.8, 4) is 0 Å². The lowest BCUT2D eigenvalue weighted by Crippen LogP contribution is -2.24. The topological polar surface area (TPSA) is 92.5 Å². The molecule has 0 spiro atoms. The summed E-state index contributed by atoms with van der Waals surface area (Å²) in [6, 6.07) is 4.09. The number of rotatable bonds is 7. The van der Waals surface area contributed by atoms with Crippen LogP contribution in [0.2, 0.25) is 0 Å². The average Bonchev–Trinajstić information content (AvgIpc) is 2.37. The lowest BCUT2D eigenvalue weighted by atomic mass is 9.85. The van der Waals surface area contributed by atoms with Gasteiger partial charge in [-0.2, -0.15) is 0 Å². The van der Waals surface area contributed by atoms with Gasteiger partial charge in [0.15, 0.2) is 0 Å². The number of nitro groups is 1. The first-order chi connectivity index (χ1) is 9.73. The molecule has 6 nitrogen and oxygen atoms in total. The Kier molecular flexibility index (Phi) is 5.69. The van der Waals surface area contributed by atoms with Crippen molar-refractivity contribution in [3.63, 3.8) is 0 Å². The van der Waals surface area contributed by atoms with E-state index in [2.05, 4.69) is 33.0 Å². The molecule has 0 amide bonds. The van der Waals surface area contributed by atoms with Crippen LogP contribution in [-0.2, 0) is 0 Å². The van der Waals surface area contributed by atoms with E-state index < -0.39 is 16.6 Å². The molecule has 1 aromatic rings. The third kappa shape index (κ3) is 4.44. The SMILES string of the molecule is CC(C)C(CNc1ccc([N+](=O)[O-])c(C(=O)O)c1)C(C)C. The van der Waals surface area contributed by atoms with Crippen LogP contribution in [0.5, 0.6) is 0 Å². The molecular weight excluding hydrogens is 272 g/mol. The van der Waals surface area contributed by atoms with Gasteiger partial charge in [-0.05, 0) is 29.9 Å². The Morgan fingerprint density at radius 1 is 1.29 bits per heavy atom. The predicted octanol–water partition coefficient (Wildman–Crippen LogP) is 3.63. The molecule has 0 aliphatic rings. The number of hydrogen-bond acceptors (Lipinski definition) is 4. The van der Waals surface area contributed by atoms with Gasteiger partial charge in [-0.25, -0.2) is 4.79 Å². The summed E-state index contributed by atoms with van der Waals surface area (Å²) in [5, 5.41) is 23.0. The van der Waals surface area contributed by atoms with Crippen molar-refractivity contribution < 1.29 is 14.8 Å². The van der Waals surface area contributed by atoms with E-state index in [1.54, 1.807) is 6.07 Å². The molecule has 21 heavy (non-hydrogen) atoms. The van der Waals surface area contributed by atoms with Crippen LogP contribution in [0.25, 0.3) is 0 Å². The van der Waals surface area contributed by atoms with Gasteiger partial charge in [0.05, 0.1) is 4.92 Å². The fourth-order valence-corrected chi connectivity index (χ4v) is 2.45. The van der Waals surface area contributed by atoms with Crippen LogP contribution in [0.3, 0.4) is 0 Å². The van der Waals surface area contributed by atoms with Crippen molar-refractivity contribution in [2.75, 3.05) is 11.9 Å². The van der Waals surface area contributed by atoms with E-state index in [4.69, 9.17) is 5.11 Å². The smallest absolute Gasteiger partial charge is 0.342 e. The Morgan fingerprint density at radius 3 is 2.29 bits per heavy atom. The number of hydrogen-bond donors (Lipinski definition) is 2. The van der Waals surface area contributed by atoms with Gasteiger partial charge < -0.3 is 10.4 Å². The molecule has 0 atom stereocenters. The zero-order valence-electron chi connectivity index (χ0n) is 12.8. The maximum atomic E-state index is 11.1. The molecule has 0 radical (unpaired) electrons. The van der Waals surface area contributed by atoms with Gasteiger partial charge >= 0.3 is 5.97 Å². The molecule has 0 aromatic heterocycles. The van der Waals surface area contributed by atoms with Crippen molar-refractivity contribution in [2.45, 2.75) is 27.7 Å². The first kappa shape index (κ1) is 16.9. The number of carbonyl (C=O) groups is 1. The molecule has 0 aliphatic carbocycles. The number of benzene rings is 1. The van der Waals surface area contributed by atoms with E-state index >= 15 is 0 Å². The summed E-state index contributed by atoms with van der Waals surface area (Å²) in [5.41, 5.74) is -0.0998. The fraction of sp³-hybridized carbons (Fsp3) is 0.533. The Labute approximate surface area is 124 Å². The van der Waals surface area contributed by atoms with E-state index in [-0.39, 0.29) is 5.56 Å². The highest BCUT2D eigenvalue weighted by Gasteiger charge is 2.21. The second-order valence-electron chi connectivity index (χ2n) is 5.83. The molecule has 0 aliphatic heterocycles. The van der Waals surface area contributed by atoms with Crippen LogP contribution in [0.4, 0.5) is 11.4 Å². The largest absolute Gasteiger partial charge is 0.477 e. The Bertz CT molecular complexity index is 518. The molecule has 0 heterocycles. The van der Waals surface area contributed by atoms with Crippen LogP contribution in [-0.4, -0.2) is 22.5 Å². The number of nitrogens with one attached hydrogen (secondary N) is 1. The van der Waals surface area contributed by atoms with Crippen molar-refractivity contribution in [1.82, 2.24) is 0 Å². The van der Waals surface area contributed by atoms with Crippen LogP contribution < -0.4 is 5.32 Å². The Hall–Kier alpha value is -2.11. The van der Waals surface area contributed by atoms with E-state index in [9.17, 15) is 14.9 Å². The number of nitro benzene ring substituents is 1. The Balaban J connectivity index is 2.93. The van der Waals surface area contributed by atoms with Crippen molar-refractivity contribution >= 4 is 17.3 Å². The lowest BCUT2D eigenvalue weighted by Gasteiger charge is -2.25. The first-order valence-electron chi connectivity index (χ1n) is 6.99. The third-order valence-corrected chi connectivity index (χ3v) is 3.68. The highest BCUT2D eigenvalue weighted by atomic mass is 16.6. The maximum Gasteiger partial charge on any atom is 0.342 e. The first-order valence-corrected chi connectivity index (χ1v) is 6.99. The average molecular weight is 294 g/mol. The highest BCUT2D eigenvalue weighted by molar-refractivity contribution is 5.93. The van der Waals surface area contributed by atoms with Gasteiger partial charge in [-0.1, -0.05) is 27.7 Å². The molecular formula is C15H22N2O4. The van der Waals surface area contributed by atoms with Gasteiger partial charge in [0.1, 0.15) is 5.56 Å². The minimum atomic E-state index is -1.30. The minimum Gasteiger partial charge on any atom is -0.477 e. The van der Waals surface area contributed by atoms with Gasteiger partial charge in [-0.3, -0.25) is 10.1 Å². The standard InChI is InChI=1S/C15H22N2O4/c1-9(2)13(10(3)4)8-16-11-5-6-14(17(20)21)12(7-11)15(18)19/h5-7,9-10,13,16H,8H2,1-4H3,(H,18,19). The van der Waals surface area contributed by atoms with Crippen molar-refractivity contribution in [2.24, 2.45) is 17.8 Å². The van der Waals surface area contributed by atoms with Crippen molar-refractivity contribution in [1.29, 1.82) is 0 Å². The summed E-state index contributed by atoms with van der Waals surface area (Å²) in [7, 11) is 0. The van der Waals surface area contributed by atoms with Gasteiger partial charge in [0.25, 0.3) is 5.69 Å². The number of anilines is 1. The van der Waals surface area contributed by atoms with Crippen LogP contribution in [0.15, 0.2) is 18.2 Å². The molecule has 1 aromatic carbocycles. The summed E-state index contributed by atoms with van der Waals surface area (Å²) in [6.07, 6.45) is 0. The Morgan fingerprint density at radius 2 is 1.86 bits per heavy atom. The molecule has 6 heteroatoms. The summed E-state index contributed by atoms with van der Waals surface area (Å²) in [6.45, 7) is 9.28. The molecule has 116 valence electrons. The van der Waals surface area contributed by atoms with E-state index in [0.29, 0.717) is 30.0 Å². The zero-order valence-corrected chi connectivity index (χ0v) is 12.8. The number of nitrogens with zero attached hydrogens (tertiary/aromatic N) is 1. The number of carboxylic acid groups (broad SMARTS) is 1. The predicted molar refractivity (Wildman–Crippen MR) is 81.7 cm³/mol. The fourth-order valence-electron chi connectivity index (χ4n) is 2.45. The molecule has 0 saturated carbocycles. The second-order valence-corrected chi connectivity index (χ2v) is 5.83. The van der Waals surface area contributed by atoms with Gasteiger partial charge in [0.2, 0.25) is 0 Å². The normalized spacial score (nSPS) is 11.2. The minimum absolute atomic E-state index is 0.296. The van der Waals surface area contributed by atoms with E-state index in [0.717, 1.165) is 0 Å². The van der Waals surface area contributed by atoms with Gasteiger partial charge in [0, 0.05) is 18.3 Å². The summed E-state index contributed by atoms with van der Waals surface area (Å²) < 4.78 is 0. The number of carboxylic acids is 1. The maximum absolute atomic E-state index is 11.1. The van der Waals surface area contributed by atoms with E-state index in [1.807, 2.05) is 0 Å². The highest BCUT2D eigenvalue weighted by Crippen LogP contribution is 2.25. The molecule has 0 unspecified atom stereocenters. The summed E-state index contributed by atoms with van der Waals surface area (Å²) >= 11 is 0. The van der Waals surface area contributed by atoms with Crippen LogP contribution >= 0.6 is 0 Å². The van der Waals surface area contributed by atoms with E-state index in [1.165, 1.54) is 12.1 Å². The molecule has 0 bridgehead atoms. The van der Waals surface area contributed by atoms with Crippen LogP contribution in [0.1, 0.15) is 38.1 Å². The molecule has 1 rings (SSSR count). The van der Waals surface area contributed by atoms with Gasteiger partial charge in [-0.15, -0.1) is 0 Å². The zero-order chi connectivity index (χ0) is 16.2. The second kappa shape index (κ2) is 7.06. The molecule has 0 fully saturated rings. The number of aromatic carboxylic acids is 1. The van der Waals surface area contributed by atoms with Crippen LogP contribution in [0, 0.1) is 27.9 Å².